The molecule has 2 rings (SSSR count). The Bertz CT molecular complexity index is 614. The molecule has 0 fully saturated rings. The summed E-state index contributed by atoms with van der Waals surface area (Å²) in [6.07, 6.45) is 0.686. The van der Waals surface area contributed by atoms with Gasteiger partial charge in [0.1, 0.15) is 5.82 Å². The lowest BCUT2D eigenvalue weighted by atomic mass is 10.1. The van der Waals surface area contributed by atoms with Crippen molar-refractivity contribution in [3.05, 3.63) is 63.9 Å². The minimum absolute atomic E-state index is 0.229. The molecule has 20 heavy (non-hydrogen) atoms. The van der Waals surface area contributed by atoms with E-state index in [2.05, 4.69) is 21.2 Å². The Balaban J connectivity index is 2.02. The van der Waals surface area contributed by atoms with Crippen LogP contribution in [0.1, 0.15) is 15.9 Å². The number of hydrogen-bond donors (Lipinski definition) is 2. The van der Waals surface area contributed by atoms with Gasteiger partial charge in [-0.15, -0.1) is 0 Å². The maximum absolute atomic E-state index is 12.8. The molecule has 0 aliphatic rings. The molecule has 0 radical (unpaired) electrons. The summed E-state index contributed by atoms with van der Waals surface area (Å²) >= 11 is 3.32. The zero-order valence-electron chi connectivity index (χ0n) is 10.6. The summed E-state index contributed by atoms with van der Waals surface area (Å²) in [6.45, 7) is 0.572. The molecule has 0 bridgehead atoms. The van der Waals surface area contributed by atoms with Crippen molar-refractivity contribution in [2.45, 2.75) is 6.42 Å². The predicted molar refractivity (Wildman–Crippen MR) is 79.7 cm³/mol. The van der Waals surface area contributed by atoms with Gasteiger partial charge in [-0.2, -0.15) is 0 Å². The van der Waals surface area contributed by atoms with Crippen LogP contribution in [0.2, 0.25) is 0 Å². The standard InChI is InChI=1S/C15H13BrFNO2/c16-11-3-6-13(15(19)20)14(9-11)18-8-7-10-1-4-12(17)5-2-10/h1-6,9,18H,7-8H2,(H,19,20). The summed E-state index contributed by atoms with van der Waals surface area (Å²) in [6, 6.07) is 11.2. The fourth-order valence-corrected chi connectivity index (χ4v) is 2.20. The number of anilines is 1. The van der Waals surface area contributed by atoms with Crippen LogP contribution in [0.5, 0.6) is 0 Å². The Morgan fingerprint density at radius 2 is 1.90 bits per heavy atom. The minimum atomic E-state index is -0.971. The van der Waals surface area contributed by atoms with Crippen LogP contribution in [0.15, 0.2) is 46.9 Å². The largest absolute Gasteiger partial charge is 0.478 e. The number of halogens is 2. The van der Waals surface area contributed by atoms with Gasteiger partial charge in [-0.05, 0) is 42.3 Å². The van der Waals surface area contributed by atoms with E-state index in [9.17, 15) is 9.18 Å². The first-order valence-corrected chi connectivity index (χ1v) is 6.87. The number of carbonyl (C=O) groups is 1. The third-order valence-corrected chi connectivity index (χ3v) is 3.35. The molecule has 2 aromatic carbocycles. The van der Waals surface area contributed by atoms with Crippen molar-refractivity contribution in [1.82, 2.24) is 0 Å². The van der Waals surface area contributed by atoms with E-state index in [4.69, 9.17) is 5.11 Å². The topological polar surface area (TPSA) is 49.3 Å². The number of aromatic carboxylic acids is 1. The summed E-state index contributed by atoms with van der Waals surface area (Å²) in [4.78, 5) is 11.1. The Morgan fingerprint density at radius 3 is 2.55 bits per heavy atom. The highest BCUT2D eigenvalue weighted by molar-refractivity contribution is 9.10. The maximum Gasteiger partial charge on any atom is 0.337 e. The normalized spacial score (nSPS) is 10.3. The third-order valence-electron chi connectivity index (χ3n) is 2.85. The summed E-state index contributed by atoms with van der Waals surface area (Å²) in [5, 5.41) is 12.2. The van der Waals surface area contributed by atoms with Crippen molar-refractivity contribution in [2.24, 2.45) is 0 Å². The van der Waals surface area contributed by atoms with E-state index < -0.39 is 5.97 Å². The predicted octanol–water partition coefficient (Wildman–Crippen LogP) is 3.94. The number of benzene rings is 2. The van der Waals surface area contributed by atoms with Crippen LogP contribution in [-0.2, 0) is 6.42 Å². The number of rotatable bonds is 5. The van der Waals surface area contributed by atoms with Crippen molar-refractivity contribution >= 4 is 27.6 Å². The fraction of sp³-hybridized carbons (Fsp3) is 0.133. The molecule has 2 N–H and O–H groups in total. The first-order chi connectivity index (χ1) is 9.56. The van der Waals surface area contributed by atoms with Gasteiger partial charge in [0.05, 0.1) is 5.56 Å². The van der Waals surface area contributed by atoms with Crippen LogP contribution in [0.25, 0.3) is 0 Å². The van der Waals surface area contributed by atoms with Crippen LogP contribution >= 0.6 is 15.9 Å². The minimum Gasteiger partial charge on any atom is -0.478 e. The van der Waals surface area contributed by atoms with E-state index in [-0.39, 0.29) is 11.4 Å². The van der Waals surface area contributed by atoms with Crippen LogP contribution in [0, 0.1) is 5.82 Å². The number of nitrogens with one attached hydrogen (secondary N) is 1. The molecular weight excluding hydrogens is 325 g/mol. The van der Waals surface area contributed by atoms with Crippen LogP contribution in [0.4, 0.5) is 10.1 Å². The highest BCUT2D eigenvalue weighted by Gasteiger charge is 2.09. The van der Waals surface area contributed by atoms with Crippen LogP contribution in [0.3, 0.4) is 0 Å². The molecule has 0 unspecified atom stereocenters. The number of carboxylic acid groups (broad SMARTS) is 1. The summed E-state index contributed by atoms with van der Waals surface area (Å²) in [7, 11) is 0. The lowest BCUT2D eigenvalue weighted by molar-refractivity contribution is 0.0698. The second kappa shape index (κ2) is 6.52. The van der Waals surface area contributed by atoms with Gasteiger partial charge < -0.3 is 10.4 Å². The average molecular weight is 338 g/mol. The van der Waals surface area contributed by atoms with E-state index in [1.165, 1.54) is 12.1 Å². The van der Waals surface area contributed by atoms with Crippen molar-refractivity contribution < 1.29 is 14.3 Å². The number of hydrogen-bond acceptors (Lipinski definition) is 2. The van der Waals surface area contributed by atoms with Gasteiger partial charge in [0.25, 0.3) is 0 Å². The zero-order chi connectivity index (χ0) is 14.5. The van der Waals surface area contributed by atoms with E-state index in [1.807, 2.05) is 0 Å². The lowest BCUT2D eigenvalue weighted by Crippen LogP contribution is -2.09. The van der Waals surface area contributed by atoms with Gasteiger partial charge in [0.2, 0.25) is 0 Å². The summed E-state index contributed by atoms with van der Waals surface area (Å²) in [5.41, 5.74) is 1.78. The van der Waals surface area contributed by atoms with Gasteiger partial charge >= 0.3 is 5.97 Å². The molecule has 0 heterocycles. The van der Waals surface area contributed by atoms with Gasteiger partial charge in [-0.3, -0.25) is 0 Å². The Labute approximate surface area is 124 Å². The lowest BCUT2D eigenvalue weighted by Gasteiger charge is -2.10. The van der Waals surface area contributed by atoms with Gasteiger partial charge in [0, 0.05) is 16.7 Å². The third kappa shape index (κ3) is 3.81. The molecule has 5 heteroatoms. The molecule has 3 nitrogen and oxygen atoms in total. The highest BCUT2D eigenvalue weighted by atomic mass is 79.9. The fourth-order valence-electron chi connectivity index (χ4n) is 1.84. The Hall–Kier alpha value is -1.88. The number of carboxylic acids is 1. The molecule has 2 aromatic rings. The average Bonchev–Trinajstić information content (AvgIpc) is 2.41. The van der Waals surface area contributed by atoms with Crippen molar-refractivity contribution in [1.29, 1.82) is 0 Å². The first-order valence-electron chi connectivity index (χ1n) is 6.07. The van der Waals surface area contributed by atoms with Crippen molar-refractivity contribution in [2.75, 3.05) is 11.9 Å². The first kappa shape index (κ1) is 14.5. The molecule has 0 amide bonds. The quantitative estimate of drug-likeness (QED) is 0.868. The van der Waals surface area contributed by atoms with E-state index in [1.54, 1.807) is 30.3 Å². The van der Waals surface area contributed by atoms with Gasteiger partial charge in [-0.25, -0.2) is 9.18 Å². The van der Waals surface area contributed by atoms with Gasteiger partial charge in [-0.1, -0.05) is 28.1 Å². The van der Waals surface area contributed by atoms with Crippen molar-refractivity contribution in [3.8, 4) is 0 Å². The molecule has 0 spiro atoms. The Kier molecular flexibility index (Phi) is 4.74. The molecule has 0 aliphatic carbocycles. The van der Waals surface area contributed by atoms with E-state index in [0.29, 0.717) is 18.7 Å². The molecule has 0 aliphatic heterocycles. The van der Waals surface area contributed by atoms with E-state index in [0.717, 1.165) is 10.0 Å². The smallest absolute Gasteiger partial charge is 0.337 e. The molecular formula is C15H13BrFNO2. The molecule has 0 aromatic heterocycles. The van der Waals surface area contributed by atoms with Gasteiger partial charge in [0.15, 0.2) is 0 Å². The monoisotopic (exact) mass is 337 g/mol. The Morgan fingerprint density at radius 1 is 1.20 bits per heavy atom. The maximum atomic E-state index is 12.8. The van der Waals surface area contributed by atoms with Crippen LogP contribution < -0.4 is 5.32 Å². The summed E-state index contributed by atoms with van der Waals surface area (Å²) in [5.74, 6) is -1.23. The molecule has 0 saturated carbocycles. The summed E-state index contributed by atoms with van der Waals surface area (Å²) < 4.78 is 13.6. The molecule has 0 atom stereocenters. The zero-order valence-corrected chi connectivity index (χ0v) is 12.2. The second-order valence-corrected chi connectivity index (χ2v) is 5.21. The SMILES string of the molecule is O=C(O)c1ccc(Br)cc1NCCc1ccc(F)cc1. The van der Waals surface area contributed by atoms with Crippen LogP contribution in [-0.4, -0.2) is 17.6 Å². The van der Waals surface area contributed by atoms with Crippen molar-refractivity contribution in [3.63, 3.8) is 0 Å². The molecule has 0 saturated heterocycles. The van der Waals surface area contributed by atoms with E-state index >= 15 is 0 Å². The second-order valence-electron chi connectivity index (χ2n) is 4.30. The molecule has 104 valence electrons. The highest BCUT2D eigenvalue weighted by Crippen LogP contribution is 2.21.